The molecule has 0 N–H and O–H groups in total. The number of morpholine rings is 1. The SMILES string of the molecule is COc1ccccc1/C=C(\C#N)C(=O)N1CCOCC1. The van der Waals surface area contributed by atoms with E-state index in [1.54, 1.807) is 24.2 Å². The highest BCUT2D eigenvalue weighted by atomic mass is 16.5. The molecule has 2 rings (SSSR count). The molecular weight excluding hydrogens is 256 g/mol. The zero-order valence-corrected chi connectivity index (χ0v) is 11.3. The van der Waals surface area contributed by atoms with E-state index in [2.05, 4.69) is 0 Å². The summed E-state index contributed by atoms with van der Waals surface area (Å²) in [6.45, 7) is 2.06. The van der Waals surface area contributed by atoms with Crippen LogP contribution in [0.3, 0.4) is 0 Å². The van der Waals surface area contributed by atoms with Crippen molar-refractivity contribution in [1.82, 2.24) is 4.90 Å². The van der Waals surface area contributed by atoms with E-state index in [1.807, 2.05) is 24.3 Å². The van der Waals surface area contributed by atoms with Crippen LogP contribution < -0.4 is 4.74 Å². The molecule has 5 heteroatoms. The fourth-order valence-corrected chi connectivity index (χ4v) is 2.02. The number of amides is 1. The maximum Gasteiger partial charge on any atom is 0.264 e. The van der Waals surface area contributed by atoms with E-state index in [9.17, 15) is 10.1 Å². The molecule has 1 fully saturated rings. The first-order valence-corrected chi connectivity index (χ1v) is 6.38. The van der Waals surface area contributed by atoms with Gasteiger partial charge >= 0.3 is 0 Å². The predicted octanol–water partition coefficient (Wildman–Crippen LogP) is 1.46. The Morgan fingerprint density at radius 1 is 1.40 bits per heavy atom. The van der Waals surface area contributed by atoms with Crippen molar-refractivity contribution in [2.75, 3.05) is 33.4 Å². The second-order valence-electron chi connectivity index (χ2n) is 4.32. The molecule has 0 spiro atoms. The topological polar surface area (TPSA) is 62.6 Å². The van der Waals surface area contributed by atoms with Gasteiger partial charge in [-0.15, -0.1) is 0 Å². The average molecular weight is 272 g/mol. The fourth-order valence-electron chi connectivity index (χ4n) is 2.02. The van der Waals surface area contributed by atoms with Crippen LogP contribution in [0.1, 0.15) is 5.56 Å². The molecule has 1 saturated heterocycles. The summed E-state index contributed by atoms with van der Waals surface area (Å²) in [6.07, 6.45) is 1.57. The third-order valence-corrected chi connectivity index (χ3v) is 3.09. The van der Waals surface area contributed by atoms with Crippen LogP contribution in [0.2, 0.25) is 0 Å². The molecule has 1 aliphatic rings. The summed E-state index contributed by atoms with van der Waals surface area (Å²) in [4.78, 5) is 13.9. The van der Waals surface area contributed by atoms with Crippen molar-refractivity contribution >= 4 is 12.0 Å². The van der Waals surface area contributed by atoms with Crippen molar-refractivity contribution in [2.45, 2.75) is 0 Å². The molecule has 1 heterocycles. The summed E-state index contributed by atoms with van der Waals surface area (Å²) >= 11 is 0. The van der Waals surface area contributed by atoms with Crippen LogP contribution in [0.5, 0.6) is 5.75 Å². The molecule has 0 atom stereocenters. The smallest absolute Gasteiger partial charge is 0.264 e. The standard InChI is InChI=1S/C15H16N2O3/c1-19-14-5-3-2-4-12(14)10-13(11-16)15(18)17-6-8-20-9-7-17/h2-5,10H,6-9H2,1H3/b13-10+. The second-order valence-corrected chi connectivity index (χ2v) is 4.32. The number of hydrogen-bond acceptors (Lipinski definition) is 4. The Morgan fingerprint density at radius 2 is 2.10 bits per heavy atom. The van der Waals surface area contributed by atoms with Crippen LogP contribution in [0.15, 0.2) is 29.8 Å². The second kappa shape index (κ2) is 6.73. The highest BCUT2D eigenvalue weighted by Crippen LogP contribution is 2.21. The highest BCUT2D eigenvalue weighted by molar-refractivity contribution is 6.02. The number of benzene rings is 1. The summed E-state index contributed by atoms with van der Waals surface area (Å²) in [6, 6.07) is 9.25. The van der Waals surface area contributed by atoms with Gasteiger partial charge in [-0.25, -0.2) is 0 Å². The molecule has 0 radical (unpaired) electrons. The molecule has 1 aromatic rings. The lowest BCUT2D eigenvalue weighted by molar-refractivity contribution is -0.130. The lowest BCUT2D eigenvalue weighted by Crippen LogP contribution is -2.41. The predicted molar refractivity (Wildman–Crippen MR) is 74.0 cm³/mol. The molecule has 104 valence electrons. The molecule has 1 aromatic carbocycles. The van der Waals surface area contributed by atoms with E-state index >= 15 is 0 Å². The van der Waals surface area contributed by atoms with Gasteiger partial charge in [0.15, 0.2) is 0 Å². The first-order chi connectivity index (χ1) is 9.76. The molecule has 0 bridgehead atoms. The number of nitriles is 1. The fraction of sp³-hybridized carbons (Fsp3) is 0.333. The summed E-state index contributed by atoms with van der Waals surface area (Å²) in [5.41, 5.74) is 0.824. The van der Waals surface area contributed by atoms with Gasteiger partial charge in [0.1, 0.15) is 17.4 Å². The lowest BCUT2D eigenvalue weighted by atomic mass is 10.1. The molecule has 20 heavy (non-hydrogen) atoms. The zero-order chi connectivity index (χ0) is 14.4. The third-order valence-electron chi connectivity index (χ3n) is 3.09. The van der Waals surface area contributed by atoms with Gasteiger partial charge in [0.2, 0.25) is 0 Å². The maximum absolute atomic E-state index is 12.3. The summed E-state index contributed by atoms with van der Waals surface area (Å²) in [7, 11) is 1.56. The van der Waals surface area contributed by atoms with Crippen LogP contribution in [0, 0.1) is 11.3 Å². The lowest BCUT2D eigenvalue weighted by Gasteiger charge is -2.26. The van der Waals surface area contributed by atoms with E-state index in [-0.39, 0.29) is 11.5 Å². The average Bonchev–Trinajstić information content (AvgIpc) is 2.53. The molecule has 0 aromatic heterocycles. The first kappa shape index (κ1) is 14.1. The Kier molecular flexibility index (Phi) is 4.75. The van der Waals surface area contributed by atoms with Gasteiger partial charge < -0.3 is 14.4 Å². The number of nitrogens with zero attached hydrogens (tertiary/aromatic N) is 2. The van der Waals surface area contributed by atoms with Crippen LogP contribution in [0.25, 0.3) is 6.08 Å². The number of ether oxygens (including phenoxy) is 2. The van der Waals surface area contributed by atoms with Gasteiger partial charge in [0, 0.05) is 18.7 Å². The normalized spacial score (nSPS) is 15.6. The zero-order valence-electron chi connectivity index (χ0n) is 11.3. The Hall–Kier alpha value is -2.32. The van der Waals surface area contributed by atoms with Gasteiger partial charge in [-0.1, -0.05) is 18.2 Å². The minimum atomic E-state index is -0.262. The van der Waals surface area contributed by atoms with Gasteiger partial charge in [-0.3, -0.25) is 4.79 Å². The number of hydrogen-bond donors (Lipinski definition) is 0. The number of para-hydroxylation sites is 1. The molecule has 0 aliphatic carbocycles. The van der Waals surface area contributed by atoms with Gasteiger partial charge in [0.05, 0.1) is 20.3 Å². The van der Waals surface area contributed by atoms with E-state index in [0.717, 1.165) is 0 Å². The summed E-state index contributed by atoms with van der Waals surface area (Å²) in [5.74, 6) is 0.372. The molecule has 0 saturated carbocycles. The van der Waals surface area contributed by atoms with Crippen molar-refractivity contribution in [3.8, 4) is 11.8 Å². The molecular formula is C15H16N2O3. The van der Waals surface area contributed by atoms with Crippen molar-refractivity contribution in [3.05, 3.63) is 35.4 Å². The number of carbonyl (C=O) groups is 1. The first-order valence-electron chi connectivity index (χ1n) is 6.38. The monoisotopic (exact) mass is 272 g/mol. The summed E-state index contributed by atoms with van der Waals surface area (Å²) in [5, 5.41) is 9.21. The van der Waals surface area contributed by atoms with Crippen LogP contribution >= 0.6 is 0 Å². The van der Waals surface area contributed by atoms with Crippen molar-refractivity contribution in [2.24, 2.45) is 0 Å². The van der Waals surface area contributed by atoms with Crippen LogP contribution in [-0.2, 0) is 9.53 Å². The van der Waals surface area contributed by atoms with Crippen molar-refractivity contribution in [3.63, 3.8) is 0 Å². The Labute approximate surface area is 118 Å². The molecule has 0 unspecified atom stereocenters. The Morgan fingerprint density at radius 3 is 2.75 bits per heavy atom. The van der Waals surface area contributed by atoms with Crippen LogP contribution in [-0.4, -0.2) is 44.2 Å². The van der Waals surface area contributed by atoms with Gasteiger partial charge in [-0.05, 0) is 12.1 Å². The van der Waals surface area contributed by atoms with Crippen molar-refractivity contribution < 1.29 is 14.3 Å². The number of methoxy groups -OCH3 is 1. The minimum Gasteiger partial charge on any atom is -0.496 e. The van der Waals surface area contributed by atoms with Gasteiger partial charge in [-0.2, -0.15) is 5.26 Å². The quantitative estimate of drug-likeness (QED) is 0.617. The van der Waals surface area contributed by atoms with E-state index in [1.165, 1.54) is 0 Å². The van der Waals surface area contributed by atoms with Gasteiger partial charge in [0.25, 0.3) is 5.91 Å². The molecule has 5 nitrogen and oxygen atoms in total. The minimum absolute atomic E-state index is 0.108. The molecule has 1 aliphatic heterocycles. The molecule has 1 amide bonds. The number of rotatable bonds is 3. The third kappa shape index (κ3) is 3.16. The highest BCUT2D eigenvalue weighted by Gasteiger charge is 2.20. The van der Waals surface area contributed by atoms with Crippen LogP contribution in [0.4, 0.5) is 0 Å². The number of carbonyl (C=O) groups excluding carboxylic acids is 1. The van der Waals surface area contributed by atoms with E-state index < -0.39 is 0 Å². The Bertz CT molecular complexity index is 554. The maximum atomic E-state index is 12.3. The van der Waals surface area contributed by atoms with Crippen molar-refractivity contribution in [1.29, 1.82) is 5.26 Å². The Balaban J connectivity index is 2.25. The van der Waals surface area contributed by atoms with E-state index in [4.69, 9.17) is 9.47 Å². The largest absolute Gasteiger partial charge is 0.496 e. The summed E-state index contributed by atoms with van der Waals surface area (Å²) < 4.78 is 10.4. The van der Waals surface area contributed by atoms with E-state index in [0.29, 0.717) is 37.6 Å².